The van der Waals surface area contributed by atoms with Crippen LogP contribution in [0.3, 0.4) is 0 Å². The summed E-state index contributed by atoms with van der Waals surface area (Å²) in [5.41, 5.74) is 9.79. The summed E-state index contributed by atoms with van der Waals surface area (Å²) in [5, 5.41) is 6.16. The van der Waals surface area contributed by atoms with Gasteiger partial charge in [0.1, 0.15) is 0 Å². The van der Waals surface area contributed by atoms with Crippen LogP contribution in [0.2, 0.25) is 0 Å². The third-order valence-corrected chi connectivity index (χ3v) is 3.70. The van der Waals surface area contributed by atoms with Gasteiger partial charge in [-0.15, -0.1) is 0 Å². The molecule has 0 unspecified atom stereocenters. The van der Waals surface area contributed by atoms with E-state index in [2.05, 4.69) is 10.6 Å². The molecular formula is C20H19N3O. The van der Waals surface area contributed by atoms with Gasteiger partial charge >= 0.3 is 0 Å². The molecule has 0 aliphatic heterocycles. The molecule has 0 aliphatic rings. The van der Waals surface area contributed by atoms with Crippen LogP contribution in [0, 0.1) is 0 Å². The molecule has 3 rings (SSSR count). The average Bonchev–Trinajstić information content (AvgIpc) is 2.63. The molecule has 0 aliphatic carbocycles. The van der Waals surface area contributed by atoms with Crippen molar-refractivity contribution in [1.29, 1.82) is 0 Å². The van der Waals surface area contributed by atoms with Crippen molar-refractivity contribution in [2.45, 2.75) is 6.54 Å². The van der Waals surface area contributed by atoms with E-state index in [0.717, 1.165) is 11.3 Å². The molecule has 0 saturated carbocycles. The van der Waals surface area contributed by atoms with E-state index < -0.39 is 0 Å². The van der Waals surface area contributed by atoms with Crippen LogP contribution in [-0.2, 0) is 6.54 Å². The number of para-hydroxylation sites is 3. The number of carbonyl (C=O) groups excluding carboxylic acids is 1. The zero-order chi connectivity index (χ0) is 16.8. The summed E-state index contributed by atoms with van der Waals surface area (Å²) < 4.78 is 0. The van der Waals surface area contributed by atoms with E-state index in [-0.39, 0.29) is 5.91 Å². The standard InChI is InChI=1S/C20H19N3O/c21-18-8-4-5-9-19(18)23-20(24)16-12-10-15(11-13-16)14-22-17-6-2-1-3-7-17/h1-13,22H,14,21H2,(H,23,24). The zero-order valence-electron chi connectivity index (χ0n) is 13.2. The van der Waals surface area contributed by atoms with Gasteiger partial charge in [0.2, 0.25) is 0 Å². The van der Waals surface area contributed by atoms with Crippen LogP contribution >= 0.6 is 0 Å². The minimum absolute atomic E-state index is 0.171. The number of anilines is 3. The maximum absolute atomic E-state index is 12.3. The second-order valence-electron chi connectivity index (χ2n) is 5.46. The Morgan fingerprint density at radius 3 is 2.21 bits per heavy atom. The Hall–Kier alpha value is -3.27. The molecule has 4 N–H and O–H groups in total. The minimum Gasteiger partial charge on any atom is -0.397 e. The molecule has 120 valence electrons. The van der Waals surface area contributed by atoms with Crippen LogP contribution in [-0.4, -0.2) is 5.91 Å². The lowest BCUT2D eigenvalue weighted by molar-refractivity contribution is 0.102. The summed E-state index contributed by atoms with van der Waals surface area (Å²) in [5.74, 6) is -0.171. The van der Waals surface area contributed by atoms with E-state index in [1.54, 1.807) is 12.1 Å². The molecule has 0 fully saturated rings. The van der Waals surface area contributed by atoms with Crippen molar-refractivity contribution in [2.24, 2.45) is 0 Å². The Morgan fingerprint density at radius 2 is 1.50 bits per heavy atom. The summed E-state index contributed by atoms with van der Waals surface area (Å²) >= 11 is 0. The van der Waals surface area contributed by atoms with Crippen molar-refractivity contribution >= 4 is 23.0 Å². The number of nitrogens with two attached hydrogens (primary N) is 1. The number of carbonyl (C=O) groups is 1. The molecule has 0 saturated heterocycles. The largest absolute Gasteiger partial charge is 0.397 e. The predicted molar refractivity (Wildman–Crippen MR) is 99.0 cm³/mol. The highest BCUT2D eigenvalue weighted by atomic mass is 16.1. The number of hydrogen-bond acceptors (Lipinski definition) is 3. The van der Waals surface area contributed by atoms with Crippen LogP contribution in [0.4, 0.5) is 17.1 Å². The van der Waals surface area contributed by atoms with Gasteiger partial charge in [0.25, 0.3) is 5.91 Å². The first-order valence-electron chi connectivity index (χ1n) is 7.76. The monoisotopic (exact) mass is 317 g/mol. The first-order chi connectivity index (χ1) is 11.7. The molecule has 0 aromatic heterocycles. The van der Waals surface area contributed by atoms with E-state index in [1.165, 1.54) is 0 Å². The lowest BCUT2D eigenvalue weighted by atomic mass is 10.1. The molecule has 0 spiro atoms. The molecule has 1 amide bonds. The Bertz CT molecular complexity index is 814. The smallest absolute Gasteiger partial charge is 0.255 e. The summed E-state index contributed by atoms with van der Waals surface area (Å²) in [6.07, 6.45) is 0. The molecule has 0 radical (unpaired) electrons. The van der Waals surface area contributed by atoms with Crippen LogP contribution in [0.15, 0.2) is 78.9 Å². The summed E-state index contributed by atoms with van der Waals surface area (Å²) in [4.78, 5) is 12.3. The van der Waals surface area contributed by atoms with Gasteiger partial charge in [0.15, 0.2) is 0 Å². The van der Waals surface area contributed by atoms with E-state index >= 15 is 0 Å². The van der Waals surface area contributed by atoms with Gasteiger partial charge in [-0.25, -0.2) is 0 Å². The summed E-state index contributed by atoms with van der Waals surface area (Å²) in [7, 11) is 0. The summed E-state index contributed by atoms with van der Waals surface area (Å²) in [6.45, 7) is 0.706. The second-order valence-corrected chi connectivity index (χ2v) is 5.46. The number of hydrogen-bond donors (Lipinski definition) is 3. The SMILES string of the molecule is Nc1ccccc1NC(=O)c1ccc(CNc2ccccc2)cc1. The summed E-state index contributed by atoms with van der Waals surface area (Å²) in [6, 6.07) is 24.7. The molecular weight excluding hydrogens is 298 g/mol. The lowest BCUT2D eigenvalue weighted by Crippen LogP contribution is -2.13. The number of amides is 1. The van der Waals surface area contributed by atoms with Gasteiger partial charge in [0, 0.05) is 17.8 Å². The fraction of sp³-hybridized carbons (Fsp3) is 0.0500. The van der Waals surface area contributed by atoms with Gasteiger partial charge in [-0.2, -0.15) is 0 Å². The average molecular weight is 317 g/mol. The lowest BCUT2D eigenvalue weighted by Gasteiger charge is -2.09. The number of rotatable bonds is 5. The number of nitrogens with one attached hydrogen (secondary N) is 2. The molecule has 24 heavy (non-hydrogen) atoms. The van der Waals surface area contributed by atoms with E-state index in [0.29, 0.717) is 23.5 Å². The van der Waals surface area contributed by atoms with Crippen molar-refractivity contribution in [3.05, 3.63) is 90.0 Å². The normalized spacial score (nSPS) is 10.2. The second kappa shape index (κ2) is 7.33. The maximum Gasteiger partial charge on any atom is 0.255 e. The van der Waals surface area contributed by atoms with Crippen molar-refractivity contribution in [3.63, 3.8) is 0 Å². The Balaban J connectivity index is 1.61. The molecule has 0 bridgehead atoms. The van der Waals surface area contributed by atoms with Gasteiger partial charge < -0.3 is 16.4 Å². The Morgan fingerprint density at radius 1 is 0.833 bits per heavy atom. The van der Waals surface area contributed by atoms with Crippen LogP contribution in [0.1, 0.15) is 15.9 Å². The molecule has 4 nitrogen and oxygen atoms in total. The van der Waals surface area contributed by atoms with Crippen LogP contribution in [0.5, 0.6) is 0 Å². The number of nitrogen functional groups attached to an aromatic ring is 1. The fourth-order valence-electron chi connectivity index (χ4n) is 2.34. The molecule has 0 heterocycles. The highest BCUT2D eigenvalue weighted by Crippen LogP contribution is 2.18. The van der Waals surface area contributed by atoms with Crippen molar-refractivity contribution < 1.29 is 4.79 Å². The van der Waals surface area contributed by atoms with Crippen molar-refractivity contribution in [1.82, 2.24) is 0 Å². The number of benzene rings is 3. The van der Waals surface area contributed by atoms with Crippen molar-refractivity contribution in [2.75, 3.05) is 16.4 Å². The highest BCUT2D eigenvalue weighted by molar-refractivity contribution is 6.05. The van der Waals surface area contributed by atoms with E-state index in [9.17, 15) is 4.79 Å². The molecule has 3 aromatic carbocycles. The van der Waals surface area contributed by atoms with Crippen LogP contribution < -0.4 is 16.4 Å². The third-order valence-electron chi connectivity index (χ3n) is 3.70. The maximum atomic E-state index is 12.3. The first-order valence-corrected chi connectivity index (χ1v) is 7.76. The molecule has 4 heteroatoms. The van der Waals surface area contributed by atoms with Gasteiger partial charge in [0.05, 0.1) is 11.4 Å². The molecule has 0 atom stereocenters. The Labute approximate surface area is 141 Å². The highest BCUT2D eigenvalue weighted by Gasteiger charge is 2.07. The fourth-order valence-corrected chi connectivity index (χ4v) is 2.34. The van der Waals surface area contributed by atoms with E-state index in [4.69, 9.17) is 5.73 Å². The van der Waals surface area contributed by atoms with E-state index in [1.807, 2.05) is 66.7 Å². The third kappa shape index (κ3) is 3.93. The van der Waals surface area contributed by atoms with Gasteiger partial charge in [-0.05, 0) is 42.0 Å². The topological polar surface area (TPSA) is 67.1 Å². The minimum atomic E-state index is -0.171. The Kier molecular flexibility index (Phi) is 4.77. The quantitative estimate of drug-likeness (QED) is 0.620. The van der Waals surface area contributed by atoms with Crippen molar-refractivity contribution in [3.8, 4) is 0 Å². The predicted octanol–water partition coefficient (Wildman–Crippen LogP) is 4.13. The van der Waals surface area contributed by atoms with Crippen LogP contribution in [0.25, 0.3) is 0 Å². The van der Waals surface area contributed by atoms with Gasteiger partial charge in [-0.3, -0.25) is 4.79 Å². The zero-order valence-corrected chi connectivity index (χ0v) is 13.2. The first kappa shape index (κ1) is 15.6. The molecule has 3 aromatic rings. The van der Waals surface area contributed by atoms with Gasteiger partial charge in [-0.1, -0.05) is 42.5 Å².